The fraction of sp³-hybridized carbons (Fsp3) is 0.818. The molecule has 1 aliphatic carbocycles. The maximum absolute atomic E-state index is 9.74. The van der Waals surface area contributed by atoms with Crippen LogP contribution in [0, 0.1) is 0 Å². The third-order valence-electron chi connectivity index (χ3n) is 2.51. The number of thioether (sulfide) groups is 1. The lowest BCUT2D eigenvalue weighted by atomic mass is 10.4. The highest BCUT2D eigenvalue weighted by Gasteiger charge is 2.26. The minimum atomic E-state index is -0.452. The van der Waals surface area contributed by atoms with Gasteiger partial charge < -0.3 is 14.4 Å². The SMILES string of the molecule is CC(C)OCC(O)CSc1nncn1C1CC1. The van der Waals surface area contributed by atoms with E-state index in [2.05, 4.69) is 14.8 Å². The van der Waals surface area contributed by atoms with Crippen LogP contribution in [0.25, 0.3) is 0 Å². The van der Waals surface area contributed by atoms with Crippen molar-refractivity contribution in [2.75, 3.05) is 12.4 Å². The van der Waals surface area contributed by atoms with Crippen molar-refractivity contribution in [1.29, 1.82) is 0 Å². The summed E-state index contributed by atoms with van der Waals surface area (Å²) >= 11 is 1.54. The minimum Gasteiger partial charge on any atom is -0.390 e. The van der Waals surface area contributed by atoms with Gasteiger partial charge in [-0.3, -0.25) is 0 Å². The molecule has 0 aromatic carbocycles. The van der Waals surface area contributed by atoms with Gasteiger partial charge in [-0.1, -0.05) is 11.8 Å². The second-order valence-corrected chi connectivity index (χ2v) is 5.59. The number of aliphatic hydroxyl groups excluding tert-OH is 1. The summed E-state index contributed by atoms with van der Waals surface area (Å²) in [6, 6.07) is 0.580. The van der Waals surface area contributed by atoms with E-state index >= 15 is 0 Å². The molecule has 0 bridgehead atoms. The second kappa shape index (κ2) is 5.84. The first kappa shape index (κ1) is 12.9. The van der Waals surface area contributed by atoms with Gasteiger partial charge in [-0.05, 0) is 26.7 Å². The van der Waals surface area contributed by atoms with E-state index in [4.69, 9.17) is 4.74 Å². The average molecular weight is 257 g/mol. The average Bonchev–Trinajstić information content (AvgIpc) is 3.03. The zero-order chi connectivity index (χ0) is 12.3. The molecule has 6 heteroatoms. The van der Waals surface area contributed by atoms with E-state index in [1.165, 1.54) is 12.8 Å². The van der Waals surface area contributed by atoms with Crippen molar-refractivity contribution in [1.82, 2.24) is 14.8 Å². The van der Waals surface area contributed by atoms with Crippen LogP contribution in [0.4, 0.5) is 0 Å². The van der Waals surface area contributed by atoms with Crippen LogP contribution >= 0.6 is 11.8 Å². The molecule has 0 spiro atoms. The molecule has 1 heterocycles. The predicted octanol–water partition coefficient (Wildman–Crippen LogP) is 1.49. The van der Waals surface area contributed by atoms with Crippen LogP contribution in [0.1, 0.15) is 32.7 Å². The van der Waals surface area contributed by atoms with Gasteiger partial charge in [-0.25, -0.2) is 0 Å². The number of rotatable bonds is 7. The fourth-order valence-corrected chi connectivity index (χ4v) is 2.35. The summed E-state index contributed by atoms with van der Waals surface area (Å²) in [6.45, 7) is 4.30. The monoisotopic (exact) mass is 257 g/mol. The van der Waals surface area contributed by atoms with Crippen LogP contribution < -0.4 is 0 Å². The number of aliphatic hydroxyl groups is 1. The molecule has 96 valence electrons. The standard InChI is InChI=1S/C11H19N3O2S/c1-8(2)16-5-10(15)6-17-11-13-12-7-14(11)9-3-4-9/h7-10,15H,3-6H2,1-2H3. The number of hydrogen-bond donors (Lipinski definition) is 1. The summed E-state index contributed by atoms with van der Waals surface area (Å²) in [5.41, 5.74) is 0. The van der Waals surface area contributed by atoms with E-state index < -0.39 is 6.10 Å². The Morgan fingerprint density at radius 1 is 1.59 bits per heavy atom. The van der Waals surface area contributed by atoms with Gasteiger partial charge in [0, 0.05) is 11.8 Å². The summed E-state index contributed by atoms with van der Waals surface area (Å²) in [5, 5.41) is 18.6. The Morgan fingerprint density at radius 2 is 2.35 bits per heavy atom. The summed E-state index contributed by atoms with van der Waals surface area (Å²) in [4.78, 5) is 0. The van der Waals surface area contributed by atoms with E-state index in [0.29, 0.717) is 18.4 Å². The molecule has 1 aromatic heterocycles. The lowest BCUT2D eigenvalue weighted by Gasteiger charge is -2.13. The van der Waals surface area contributed by atoms with Crippen molar-refractivity contribution < 1.29 is 9.84 Å². The van der Waals surface area contributed by atoms with E-state index in [1.54, 1.807) is 18.1 Å². The first-order chi connectivity index (χ1) is 8.16. The van der Waals surface area contributed by atoms with Crippen molar-refractivity contribution in [2.24, 2.45) is 0 Å². The molecule has 1 unspecified atom stereocenters. The number of nitrogens with zero attached hydrogens (tertiary/aromatic N) is 3. The van der Waals surface area contributed by atoms with Crippen LogP contribution in [-0.4, -0.2) is 44.4 Å². The second-order valence-electron chi connectivity index (χ2n) is 4.60. The fourth-order valence-electron chi connectivity index (χ4n) is 1.46. The Bertz CT molecular complexity index is 352. The molecular weight excluding hydrogens is 238 g/mol. The smallest absolute Gasteiger partial charge is 0.191 e. The van der Waals surface area contributed by atoms with Crippen molar-refractivity contribution in [3.63, 3.8) is 0 Å². The molecule has 2 rings (SSSR count). The van der Waals surface area contributed by atoms with Crippen molar-refractivity contribution in [3.05, 3.63) is 6.33 Å². The third kappa shape index (κ3) is 3.97. The molecule has 0 amide bonds. The van der Waals surface area contributed by atoms with E-state index in [-0.39, 0.29) is 6.10 Å². The molecule has 1 aromatic rings. The Balaban J connectivity index is 1.75. The zero-order valence-electron chi connectivity index (χ0n) is 10.2. The Labute approximate surface area is 106 Å². The maximum atomic E-state index is 9.74. The lowest BCUT2D eigenvalue weighted by Crippen LogP contribution is -2.20. The van der Waals surface area contributed by atoms with Crippen molar-refractivity contribution in [3.8, 4) is 0 Å². The topological polar surface area (TPSA) is 60.2 Å². The first-order valence-corrected chi connectivity index (χ1v) is 6.97. The van der Waals surface area contributed by atoms with E-state index in [9.17, 15) is 5.11 Å². The van der Waals surface area contributed by atoms with Gasteiger partial charge in [-0.15, -0.1) is 10.2 Å². The van der Waals surface area contributed by atoms with E-state index in [1.807, 2.05) is 13.8 Å². The lowest BCUT2D eigenvalue weighted by molar-refractivity contribution is 0.0152. The van der Waals surface area contributed by atoms with Crippen LogP contribution in [0.3, 0.4) is 0 Å². The highest BCUT2D eigenvalue weighted by Crippen LogP contribution is 2.37. The van der Waals surface area contributed by atoms with Gasteiger partial charge in [0.2, 0.25) is 0 Å². The van der Waals surface area contributed by atoms with Crippen molar-refractivity contribution in [2.45, 2.75) is 50.1 Å². The minimum absolute atomic E-state index is 0.157. The zero-order valence-corrected chi connectivity index (χ0v) is 11.1. The molecule has 1 aliphatic rings. The number of aromatic nitrogens is 3. The van der Waals surface area contributed by atoms with Crippen LogP contribution in [0.15, 0.2) is 11.5 Å². The highest BCUT2D eigenvalue weighted by atomic mass is 32.2. The summed E-state index contributed by atoms with van der Waals surface area (Å²) in [5.74, 6) is 0.595. The Hall–Kier alpha value is -0.590. The summed E-state index contributed by atoms with van der Waals surface area (Å²) in [7, 11) is 0. The molecule has 1 saturated carbocycles. The Morgan fingerprint density at radius 3 is 3.00 bits per heavy atom. The van der Waals surface area contributed by atoms with Crippen LogP contribution in [-0.2, 0) is 4.74 Å². The number of ether oxygens (including phenoxy) is 1. The molecule has 1 fully saturated rings. The highest BCUT2D eigenvalue weighted by molar-refractivity contribution is 7.99. The van der Waals surface area contributed by atoms with Crippen LogP contribution in [0.5, 0.6) is 0 Å². The molecule has 17 heavy (non-hydrogen) atoms. The maximum Gasteiger partial charge on any atom is 0.191 e. The molecule has 1 atom stereocenters. The van der Waals surface area contributed by atoms with Gasteiger partial charge in [0.25, 0.3) is 0 Å². The molecule has 5 nitrogen and oxygen atoms in total. The van der Waals surface area contributed by atoms with E-state index in [0.717, 1.165) is 5.16 Å². The molecule has 0 aliphatic heterocycles. The van der Waals surface area contributed by atoms with Gasteiger partial charge in [0.05, 0.1) is 18.8 Å². The van der Waals surface area contributed by atoms with Gasteiger partial charge in [-0.2, -0.15) is 0 Å². The Kier molecular flexibility index (Phi) is 4.42. The largest absolute Gasteiger partial charge is 0.390 e. The van der Waals surface area contributed by atoms with Crippen LogP contribution in [0.2, 0.25) is 0 Å². The van der Waals surface area contributed by atoms with Crippen molar-refractivity contribution >= 4 is 11.8 Å². The van der Waals surface area contributed by atoms with Gasteiger partial charge >= 0.3 is 0 Å². The molecule has 1 N–H and O–H groups in total. The molecule has 0 radical (unpaired) electrons. The van der Waals surface area contributed by atoms with Gasteiger partial charge in [0.15, 0.2) is 5.16 Å². The van der Waals surface area contributed by atoms with Gasteiger partial charge in [0.1, 0.15) is 6.33 Å². The first-order valence-electron chi connectivity index (χ1n) is 5.98. The quantitative estimate of drug-likeness (QED) is 0.750. The number of hydrogen-bond acceptors (Lipinski definition) is 5. The summed E-state index contributed by atoms with van der Waals surface area (Å²) in [6.07, 6.45) is 3.91. The third-order valence-corrected chi connectivity index (χ3v) is 3.61. The molecule has 0 saturated heterocycles. The molecular formula is C11H19N3O2S. The summed E-state index contributed by atoms with van der Waals surface area (Å²) < 4.78 is 7.46. The predicted molar refractivity (Wildman–Crippen MR) is 66.1 cm³/mol. The normalized spacial score (nSPS) is 17.6.